The zero-order valence-corrected chi connectivity index (χ0v) is 10.2. The maximum absolute atomic E-state index is 12.6. The van der Waals surface area contributed by atoms with E-state index in [-0.39, 0.29) is 11.8 Å². The molecule has 7 nitrogen and oxygen atoms in total. The minimum atomic E-state index is -4.56. The molecule has 0 bridgehead atoms. The number of nitrogen functional groups attached to an aromatic ring is 1. The molecular formula is C10H12F3N7. The van der Waals surface area contributed by atoms with Crippen molar-refractivity contribution in [1.29, 1.82) is 0 Å². The zero-order valence-electron chi connectivity index (χ0n) is 10.2. The summed E-state index contributed by atoms with van der Waals surface area (Å²) in [5.74, 6) is 4.78. The average molecular weight is 287 g/mol. The SMILES string of the molecule is NNc1nc(NCCn2cccn2)cc(C(F)(F)F)n1. The van der Waals surface area contributed by atoms with E-state index in [2.05, 4.69) is 20.4 Å². The summed E-state index contributed by atoms with van der Waals surface area (Å²) in [6, 6.07) is 2.58. The molecule has 2 aromatic heterocycles. The van der Waals surface area contributed by atoms with E-state index < -0.39 is 11.9 Å². The molecule has 2 rings (SSSR count). The fourth-order valence-corrected chi connectivity index (χ4v) is 1.48. The summed E-state index contributed by atoms with van der Waals surface area (Å²) in [5, 5.41) is 6.73. The summed E-state index contributed by atoms with van der Waals surface area (Å²) in [7, 11) is 0. The van der Waals surface area contributed by atoms with Crippen molar-refractivity contribution in [3.8, 4) is 0 Å². The maximum atomic E-state index is 12.6. The molecule has 4 N–H and O–H groups in total. The Balaban J connectivity index is 2.06. The number of anilines is 2. The van der Waals surface area contributed by atoms with Crippen molar-refractivity contribution >= 4 is 11.8 Å². The summed E-state index contributed by atoms with van der Waals surface area (Å²) >= 11 is 0. The van der Waals surface area contributed by atoms with Gasteiger partial charge in [0.05, 0.1) is 6.54 Å². The number of nitrogens with zero attached hydrogens (tertiary/aromatic N) is 4. The molecule has 0 radical (unpaired) electrons. The van der Waals surface area contributed by atoms with Gasteiger partial charge in [0.1, 0.15) is 5.82 Å². The first-order chi connectivity index (χ1) is 9.49. The van der Waals surface area contributed by atoms with Crippen LogP contribution in [-0.2, 0) is 12.7 Å². The Bertz CT molecular complexity index is 552. The van der Waals surface area contributed by atoms with Gasteiger partial charge in [-0.3, -0.25) is 10.1 Å². The lowest BCUT2D eigenvalue weighted by atomic mass is 10.3. The monoisotopic (exact) mass is 287 g/mol. The van der Waals surface area contributed by atoms with Gasteiger partial charge in [-0.25, -0.2) is 10.8 Å². The Hall–Kier alpha value is -2.36. The number of halogens is 3. The van der Waals surface area contributed by atoms with Gasteiger partial charge in [0.15, 0.2) is 5.69 Å². The van der Waals surface area contributed by atoms with E-state index in [1.54, 1.807) is 23.1 Å². The smallest absolute Gasteiger partial charge is 0.368 e. The highest BCUT2D eigenvalue weighted by atomic mass is 19.4. The van der Waals surface area contributed by atoms with E-state index in [0.717, 1.165) is 6.07 Å². The van der Waals surface area contributed by atoms with Gasteiger partial charge >= 0.3 is 6.18 Å². The molecule has 0 atom stereocenters. The van der Waals surface area contributed by atoms with Gasteiger partial charge in [0.2, 0.25) is 5.95 Å². The summed E-state index contributed by atoms with van der Waals surface area (Å²) in [4.78, 5) is 7.05. The first-order valence-corrected chi connectivity index (χ1v) is 5.63. The van der Waals surface area contributed by atoms with Gasteiger partial charge in [0.25, 0.3) is 0 Å². The van der Waals surface area contributed by atoms with Crippen LogP contribution < -0.4 is 16.6 Å². The van der Waals surface area contributed by atoms with Crippen LogP contribution in [0, 0.1) is 0 Å². The molecule has 0 saturated heterocycles. The minimum Gasteiger partial charge on any atom is -0.368 e. The van der Waals surface area contributed by atoms with Gasteiger partial charge in [0, 0.05) is 25.0 Å². The Morgan fingerprint density at radius 3 is 2.70 bits per heavy atom. The van der Waals surface area contributed by atoms with Crippen molar-refractivity contribution in [2.24, 2.45) is 5.84 Å². The van der Waals surface area contributed by atoms with Crippen LogP contribution in [0.15, 0.2) is 24.5 Å². The van der Waals surface area contributed by atoms with E-state index >= 15 is 0 Å². The van der Waals surface area contributed by atoms with Crippen LogP contribution in [0.25, 0.3) is 0 Å². The van der Waals surface area contributed by atoms with Gasteiger partial charge < -0.3 is 5.32 Å². The topological polar surface area (TPSA) is 93.7 Å². The number of hydrogen-bond donors (Lipinski definition) is 3. The number of nitrogens with two attached hydrogens (primary N) is 1. The highest BCUT2D eigenvalue weighted by Gasteiger charge is 2.33. The van der Waals surface area contributed by atoms with Crippen molar-refractivity contribution in [3.63, 3.8) is 0 Å². The summed E-state index contributed by atoms with van der Waals surface area (Å²) < 4.78 is 39.5. The van der Waals surface area contributed by atoms with E-state index in [1.807, 2.05) is 5.43 Å². The van der Waals surface area contributed by atoms with Crippen LogP contribution >= 0.6 is 0 Å². The first kappa shape index (κ1) is 14.1. The summed E-state index contributed by atoms with van der Waals surface area (Å²) in [5.41, 5.74) is 0.936. The third-order valence-corrected chi connectivity index (χ3v) is 2.35. The normalized spacial score (nSPS) is 11.4. The highest BCUT2D eigenvalue weighted by Crippen LogP contribution is 2.29. The molecule has 0 aliphatic rings. The van der Waals surface area contributed by atoms with Crippen LogP contribution in [0.5, 0.6) is 0 Å². The van der Waals surface area contributed by atoms with E-state index in [9.17, 15) is 13.2 Å². The van der Waals surface area contributed by atoms with Crippen molar-refractivity contribution in [3.05, 3.63) is 30.2 Å². The molecule has 0 aliphatic carbocycles. The zero-order chi connectivity index (χ0) is 14.6. The Morgan fingerprint density at radius 1 is 1.30 bits per heavy atom. The van der Waals surface area contributed by atoms with Crippen molar-refractivity contribution in [1.82, 2.24) is 19.7 Å². The van der Waals surface area contributed by atoms with Crippen molar-refractivity contribution < 1.29 is 13.2 Å². The lowest BCUT2D eigenvalue weighted by Crippen LogP contribution is -2.18. The highest BCUT2D eigenvalue weighted by molar-refractivity contribution is 5.42. The van der Waals surface area contributed by atoms with E-state index in [1.165, 1.54) is 0 Å². The molecule has 0 saturated carbocycles. The van der Waals surface area contributed by atoms with E-state index in [4.69, 9.17) is 5.84 Å². The number of hydrogen-bond acceptors (Lipinski definition) is 6. The molecular weight excluding hydrogens is 275 g/mol. The Labute approximate surface area is 112 Å². The number of rotatable bonds is 5. The van der Waals surface area contributed by atoms with Crippen LogP contribution in [0.3, 0.4) is 0 Å². The fourth-order valence-electron chi connectivity index (χ4n) is 1.48. The second-order valence-corrected chi connectivity index (χ2v) is 3.80. The van der Waals surface area contributed by atoms with Crippen LogP contribution in [0.1, 0.15) is 5.69 Å². The maximum Gasteiger partial charge on any atom is 0.433 e. The van der Waals surface area contributed by atoms with Gasteiger partial charge in [-0.2, -0.15) is 23.3 Å². The molecule has 2 aromatic rings. The number of nitrogens with one attached hydrogen (secondary N) is 2. The quantitative estimate of drug-likeness (QED) is 0.563. The molecule has 0 aromatic carbocycles. The van der Waals surface area contributed by atoms with Gasteiger partial charge in [-0.1, -0.05) is 0 Å². The van der Waals surface area contributed by atoms with Gasteiger partial charge in [-0.05, 0) is 6.07 Å². The van der Waals surface area contributed by atoms with Crippen LogP contribution in [0.4, 0.5) is 24.9 Å². The molecule has 10 heteroatoms. The molecule has 0 unspecified atom stereocenters. The number of aromatic nitrogens is 4. The summed E-state index contributed by atoms with van der Waals surface area (Å²) in [6.07, 6.45) is -1.20. The number of hydrazine groups is 1. The molecule has 0 spiro atoms. The predicted octanol–water partition coefficient (Wildman–Crippen LogP) is 1.09. The van der Waals surface area contributed by atoms with Crippen LogP contribution in [-0.4, -0.2) is 26.3 Å². The largest absolute Gasteiger partial charge is 0.433 e. The van der Waals surface area contributed by atoms with Crippen LogP contribution in [0.2, 0.25) is 0 Å². The number of alkyl halides is 3. The third kappa shape index (κ3) is 3.57. The van der Waals surface area contributed by atoms with Crippen molar-refractivity contribution in [2.45, 2.75) is 12.7 Å². The second-order valence-electron chi connectivity index (χ2n) is 3.80. The lowest BCUT2D eigenvalue weighted by molar-refractivity contribution is -0.141. The van der Waals surface area contributed by atoms with E-state index in [0.29, 0.717) is 13.1 Å². The molecule has 20 heavy (non-hydrogen) atoms. The minimum absolute atomic E-state index is 0.0347. The average Bonchev–Trinajstić information content (AvgIpc) is 2.90. The molecule has 2 heterocycles. The summed E-state index contributed by atoms with van der Waals surface area (Å²) in [6.45, 7) is 0.851. The molecule has 0 aliphatic heterocycles. The standard InChI is InChI=1S/C10H12F3N7/c11-10(12,13)7-6-8(18-9(17-7)19-14)15-3-5-20-4-1-2-16-20/h1-2,4,6H,3,5,14H2,(H2,15,17,18,19). The molecule has 0 amide bonds. The van der Waals surface area contributed by atoms with Gasteiger partial charge in [-0.15, -0.1) is 0 Å². The Morgan fingerprint density at radius 2 is 2.10 bits per heavy atom. The second kappa shape index (κ2) is 5.74. The fraction of sp³-hybridized carbons (Fsp3) is 0.300. The molecule has 108 valence electrons. The Kier molecular flexibility index (Phi) is 4.03. The lowest BCUT2D eigenvalue weighted by Gasteiger charge is -2.11. The predicted molar refractivity (Wildman–Crippen MR) is 65.6 cm³/mol. The molecule has 0 fully saturated rings. The first-order valence-electron chi connectivity index (χ1n) is 5.63. The van der Waals surface area contributed by atoms with Crippen molar-refractivity contribution in [2.75, 3.05) is 17.3 Å². The third-order valence-electron chi connectivity index (χ3n) is 2.35.